The number of carbonyl (C=O) groups excluding carboxylic acids is 2. The van der Waals surface area contributed by atoms with Gasteiger partial charge in [0.1, 0.15) is 6.04 Å². The lowest BCUT2D eigenvalue weighted by Crippen LogP contribution is -2.44. The van der Waals surface area contributed by atoms with E-state index in [0.717, 1.165) is 10.0 Å². The van der Waals surface area contributed by atoms with Crippen LogP contribution < -0.4 is 5.73 Å². The second kappa shape index (κ2) is 6.26. The first-order chi connectivity index (χ1) is 9.88. The number of hydrogen-bond donors (Lipinski definition) is 2. The van der Waals surface area contributed by atoms with Gasteiger partial charge in [0.15, 0.2) is 0 Å². The number of rotatable bonds is 5. The first-order valence-corrected chi connectivity index (χ1v) is 7.24. The van der Waals surface area contributed by atoms with Crippen molar-refractivity contribution in [2.45, 2.75) is 18.9 Å². The Kier molecular flexibility index (Phi) is 4.62. The smallest absolute Gasteiger partial charge is 0.326 e. The summed E-state index contributed by atoms with van der Waals surface area (Å²) in [5.41, 5.74) is 6.00. The molecule has 2 unspecified atom stereocenters. The molecule has 112 valence electrons. The van der Waals surface area contributed by atoms with Crippen molar-refractivity contribution in [2.24, 2.45) is 11.7 Å². The molecular formula is C14H15BrN2O4. The summed E-state index contributed by atoms with van der Waals surface area (Å²) in [5, 5.41) is 9.39. The van der Waals surface area contributed by atoms with Crippen LogP contribution in [0.3, 0.4) is 0 Å². The highest BCUT2D eigenvalue weighted by atomic mass is 79.9. The molecule has 0 aliphatic carbocycles. The van der Waals surface area contributed by atoms with E-state index < -0.39 is 23.8 Å². The maximum atomic E-state index is 11.9. The minimum Gasteiger partial charge on any atom is -0.480 e. The Morgan fingerprint density at radius 3 is 2.71 bits per heavy atom. The molecule has 21 heavy (non-hydrogen) atoms. The predicted molar refractivity (Wildman–Crippen MR) is 78.3 cm³/mol. The van der Waals surface area contributed by atoms with Gasteiger partial charge in [-0.15, -0.1) is 0 Å². The lowest BCUT2D eigenvalue weighted by Gasteiger charge is -2.24. The number of carboxylic acid groups (broad SMARTS) is 1. The molecule has 1 heterocycles. The lowest BCUT2D eigenvalue weighted by atomic mass is 10.0. The van der Waals surface area contributed by atoms with Gasteiger partial charge in [0.25, 0.3) is 0 Å². The van der Waals surface area contributed by atoms with Crippen molar-refractivity contribution in [1.82, 2.24) is 4.90 Å². The highest BCUT2D eigenvalue weighted by Crippen LogP contribution is 2.23. The molecule has 1 saturated heterocycles. The quantitative estimate of drug-likeness (QED) is 0.815. The normalized spacial score (nSPS) is 19.6. The zero-order valence-corrected chi connectivity index (χ0v) is 12.7. The molecule has 6 nitrogen and oxygen atoms in total. The minimum absolute atomic E-state index is 0.0163. The standard InChI is InChI=1S/C14H15BrN2O4/c15-10-3-1-2-8(4-10)5-11(14(20)21)17-7-9(13(16)19)6-12(17)18/h1-4,9,11H,5-7H2,(H2,16,19)(H,20,21). The van der Waals surface area contributed by atoms with Crippen LogP contribution >= 0.6 is 15.9 Å². The van der Waals surface area contributed by atoms with Crippen molar-refractivity contribution in [3.8, 4) is 0 Å². The number of halogens is 1. The van der Waals surface area contributed by atoms with Crippen molar-refractivity contribution in [1.29, 1.82) is 0 Å². The number of amides is 2. The Hall–Kier alpha value is -1.89. The molecule has 1 aliphatic rings. The first kappa shape index (κ1) is 15.5. The Morgan fingerprint density at radius 1 is 1.48 bits per heavy atom. The van der Waals surface area contributed by atoms with Gasteiger partial charge in [-0.3, -0.25) is 9.59 Å². The fourth-order valence-electron chi connectivity index (χ4n) is 2.44. The number of carbonyl (C=O) groups is 3. The highest BCUT2D eigenvalue weighted by Gasteiger charge is 2.39. The van der Waals surface area contributed by atoms with Crippen molar-refractivity contribution >= 4 is 33.7 Å². The number of hydrogen-bond acceptors (Lipinski definition) is 3. The number of nitrogens with two attached hydrogens (primary N) is 1. The number of likely N-dealkylation sites (tertiary alicyclic amines) is 1. The van der Waals surface area contributed by atoms with E-state index >= 15 is 0 Å². The topological polar surface area (TPSA) is 101 Å². The van der Waals surface area contributed by atoms with E-state index in [1.54, 1.807) is 12.1 Å². The van der Waals surface area contributed by atoms with Gasteiger partial charge in [-0.1, -0.05) is 28.1 Å². The fourth-order valence-corrected chi connectivity index (χ4v) is 2.89. The van der Waals surface area contributed by atoms with Crippen molar-refractivity contribution in [2.75, 3.05) is 6.54 Å². The van der Waals surface area contributed by atoms with Gasteiger partial charge < -0.3 is 15.7 Å². The average Bonchev–Trinajstić information content (AvgIpc) is 2.78. The number of primary amides is 1. The zero-order chi connectivity index (χ0) is 15.6. The van der Waals surface area contributed by atoms with Crippen molar-refractivity contribution in [3.63, 3.8) is 0 Å². The van der Waals surface area contributed by atoms with E-state index in [9.17, 15) is 19.5 Å². The molecule has 2 atom stereocenters. The van der Waals surface area contributed by atoms with Crippen LogP contribution in [0.5, 0.6) is 0 Å². The van der Waals surface area contributed by atoms with Crippen LogP contribution in [-0.4, -0.2) is 40.4 Å². The van der Waals surface area contributed by atoms with E-state index in [4.69, 9.17) is 5.73 Å². The molecule has 0 bridgehead atoms. The summed E-state index contributed by atoms with van der Waals surface area (Å²) >= 11 is 3.32. The van der Waals surface area contributed by atoms with Gasteiger partial charge in [-0.05, 0) is 17.7 Å². The van der Waals surface area contributed by atoms with Gasteiger partial charge in [-0.2, -0.15) is 0 Å². The van der Waals surface area contributed by atoms with E-state index in [1.807, 2.05) is 12.1 Å². The van der Waals surface area contributed by atoms with Crippen LogP contribution in [0, 0.1) is 5.92 Å². The summed E-state index contributed by atoms with van der Waals surface area (Å²) < 4.78 is 0.840. The number of carboxylic acids is 1. The molecule has 2 amide bonds. The summed E-state index contributed by atoms with van der Waals surface area (Å²) in [6, 6.07) is 6.25. The SMILES string of the molecule is NC(=O)C1CC(=O)N(C(Cc2cccc(Br)c2)C(=O)O)C1. The van der Waals surface area contributed by atoms with Gasteiger partial charge in [0.2, 0.25) is 11.8 Å². The maximum absolute atomic E-state index is 11.9. The van der Waals surface area contributed by atoms with E-state index in [1.165, 1.54) is 4.90 Å². The number of aliphatic carboxylic acids is 1. The fraction of sp³-hybridized carbons (Fsp3) is 0.357. The molecule has 0 aromatic heterocycles. The molecule has 0 spiro atoms. The molecular weight excluding hydrogens is 340 g/mol. The molecule has 1 aromatic carbocycles. The van der Waals surface area contributed by atoms with Crippen LogP contribution in [0.2, 0.25) is 0 Å². The summed E-state index contributed by atoms with van der Waals surface area (Å²) in [5.74, 6) is -2.62. The molecule has 0 radical (unpaired) electrons. The van der Waals surface area contributed by atoms with Crippen LogP contribution in [0.4, 0.5) is 0 Å². The van der Waals surface area contributed by atoms with Gasteiger partial charge in [-0.25, -0.2) is 4.79 Å². The van der Waals surface area contributed by atoms with Gasteiger partial charge in [0, 0.05) is 23.9 Å². The molecule has 3 N–H and O–H groups in total. The zero-order valence-electron chi connectivity index (χ0n) is 11.2. The second-order valence-corrected chi connectivity index (χ2v) is 5.95. The van der Waals surface area contributed by atoms with Gasteiger partial charge >= 0.3 is 5.97 Å². The molecule has 1 aliphatic heterocycles. The van der Waals surface area contributed by atoms with Crippen LogP contribution in [-0.2, 0) is 20.8 Å². The van der Waals surface area contributed by atoms with Crippen molar-refractivity contribution < 1.29 is 19.5 Å². The number of benzene rings is 1. The monoisotopic (exact) mass is 354 g/mol. The van der Waals surface area contributed by atoms with Gasteiger partial charge in [0.05, 0.1) is 5.92 Å². The second-order valence-electron chi connectivity index (χ2n) is 5.04. The van der Waals surface area contributed by atoms with Crippen LogP contribution in [0.1, 0.15) is 12.0 Å². The number of nitrogens with zero attached hydrogens (tertiary/aromatic N) is 1. The van der Waals surface area contributed by atoms with Crippen molar-refractivity contribution in [3.05, 3.63) is 34.3 Å². The Labute approximate surface area is 130 Å². The first-order valence-electron chi connectivity index (χ1n) is 6.44. The maximum Gasteiger partial charge on any atom is 0.326 e. The third-order valence-electron chi connectivity index (χ3n) is 3.54. The lowest BCUT2D eigenvalue weighted by molar-refractivity contribution is -0.148. The Balaban J connectivity index is 2.18. The molecule has 1 aromatic rings. The summed E-state index contributed by atoms with van der Waals surface area (Å²) in [4.78, 5) is 35.8. The van der Waals surface area contributed by atoms with Crippen LogP contribution in [0.15, 0.2) is 28.7 Å². The summed E-state index contributed by atoms with van der Waals surface area (Å²) in [7, 11) is 0. The Morgan fingerprint density at radius 2 is 2.19 bits per heavy atom. The molecule has 0 saturated carbocycles. The summed E-state index contributed by atoms with van der Waals surface area (Å²) in [6.45, 7) is 0.0686. The van der Waals surface area contributed by atoms with Crippen LogP contribution in [0.25, 0.3) is 0 Å². The van der Waals surface area contributed by atoms with E-state index in [2.05, 4.69) is 15.9 Å². The average molecular weight is 355 g/mol. The third-order valence-corrected chi connectivity index (χ3v) is 4.03. The van der Waals surface area contributed by atoms with E-state index in [-0.39, 0.29) is 25.3 Å². The minimum atomic E-state index is -1.09. The predicted octanol–water partition coefficient (Wildman–Crippen LogP) is 0.779. The van der Waals surface area contributed by atoms with E-state index in [0.29, 0.717) is 0 Å². The molecule has 7 heteroatoms. The Bertz CT molecular complexity index is 590. The highest BCUT2D eigenvalue weighted by molar-refractivity contribution is 9.10. The third kappa shape index (κ3) is 3.60. The molecule has 1 fully saturated rings. The molecule has 2 rings (SSSR count). The largest absolute Gasteiger partial charge is 0.480 e. The summed E-state index contributed by atoms with van der Waals surface area (Å²) in [6.07, 6.45) is 0.170.